The van der Waals surface area contributed by atoms with Crippen molar-refractivity contribution >= 4 is 73.8 Å². The Balaban J connectivity index is 1.60. The third-order valence-electron chi connectivity index (χ3n) is 6.84. The molecule has 0 spiro atoms. The van der Waals surface area contributed by atoms with E-state index in [1.807, 2.05) is 48.2 Å². The number of anilines is 2. The van der Waals surface area contributed by atoms with Crippen LogP contribution in [0.15, 0.2) is 83.8 Å². The number of benzene rings is 3. The first-order valence-corrected chi connectivity index (χ1v) is 17.4. The number of halogens is 4. The zero-order valence-corrected chi connectivity index (χ0v) is 29.1. The Kier molecular flexibility index (Phi) is 12.8. The lowest BCUT2D eigenvalue weighted by atomic mass is 10.2. The Hall–Kier alpha value is -3.21. The molecule has 4 aromatic rings. The molecule has 3 aromatic carbocycles. The molecule has 0 fully saturated rings. The summed E-state index contributed by atoms with van der Waals surface area (Å²) >= 11 is 25.6. The second kappa shape index (κ2) is 16.6. The van der Waals surface area contributed by atoms with Crippen molar-refractivity contribution in [2.45, 2.75) is 38.1 Å². The monoisotopic (exact) mass is 723 g/mol. The van der Waals surface area contributed by atoms with E-state index in [4.69, 9.17) is 55.9 Å². The lowest BCUT2D eigenvalue weighted by Crippen LogP contribution is -2.32. The Morgan fingerprint density at radius 2 is 1.50 bits per heavy atom. The van der Waals surface area contributed by atoms with Crippen LogP contribution in [0, 0.1) is 6.92 Å². The van der Waals surface area contributed by atoms with Crippen molar-refractivity contribution in [2.75, 3.05) is 35.5 Å². The summed E-state index contributed by atoms with van der Waals surface area (Å²) in [4.78, 5) is 18.0. The minimum absolute atomic E-state index is 0.0241. The van der Waals surface area contributed by atoms with E-state index in [1.165, 1.54) is 16.4 Å². The predicted octanol–water partition coefficient (Wildman–Crippen LogP) is 8.63. The van der Waals surface area contributed by atoms with Gasteiger partial charge in [0.25, 0.3) is 10.0 Å². The highest BCUT2D eigenvalue weighted by Crippen LogP contribution is 2.42. The van der Waals surface area contributed by atoms with Gasteiger partial charge in [-0.1, -0.05) is 94.9 Å². The molecule has 0 saturated heterocycles. The molecule has 1 heterocycles. The second-order valence-corrected chi connectivity index (χ2v) is 13.6. The van der Waals surface area contributed by atoms with E-state index in [0.29, 0.717) is 30.2 Å². The van der Waals surface area contributed by atoms with Gasteiger partial charge in [-0.25, -0.2) is 13.4 Å². The van der Waals surface area contributed by atoms with Crippen molar-refractivity contribution in [3.05, 3.63) is 110 Å². The van der Waals surface area contributed by atoms with E-state index in [1.54, 1.807) is 37.3 Å². The molecule has 0 aliphatic carbocycles. The average Bonchev–Trinajstić information content (AvgIpc) is 3.03. The Morgan fingerprint density at radius 3 is 2.13 bits per heavy atom. The lowest BCUT2D eigenvalue weighted by molar-refractivity contribution is -0.143. The van der Waals surface area contributed by atoms with Gasteiger partial charge in [0.05, 0.1) is 29.4 Å². The van der Waals surface area contributed by atoms with Crippen LogP contribution in [-0.2, 0) is 26.1 Å². The van der Waals surface area contributed by atoms with Crippen LogP contribution in [0.1, 0.15) is 30.9 Å². The van der Waals surface area contributed by atoms with Crippen LogP contribution >= 0.6 is 46.4 Å². The number of aryl methyl sites for hydroxylation is 1. The number of rotatable bonds is 15. The van der Waals surface area contributed by atoms with E-state index >= 15 is 0 Å². The van der Waals surface area contributed by atoms with Gasteiger partial charge in [0, 0.05) is 25.6 Å². The molecule has 13 heteroatoms. The maximum Gasteiger partial charge on any atom is 0.305 e. The molecule has 46 heavy (non-hydrogen) atoms. The molecule has 8 nitrogen and oxygen atoms in total. The molecule has 0 amide bonds. The summed E-state index contributed by atoms with van der Waals surface area (Å²) in [6.07, 6.45) is 0.345. The maximum absolute atomic E-state index is 13.8. The lowest BCUT2D eigenvalue weighted by Gasteiger charge is -2.28. The normalized spacial score (nSPS) is 11.3. The van der Waals surface area contributed by atoms with Crippen LogP contribution in [0.3, 0.4) is 0 Å². The van der Waals surface area contributed by atoms with Crippen LogP contribution in [-0.4, -0.2) is 45.7 Å². The quantitative estimate of drug-likeness (QED) is 0.0896. The molecule has 0 unspecified atom stereocenters. The number of hydrogen-bond donors (Lipinski definition) is 0. The first-order valence-electron chi connectivity index (χ1n) is 14.5. The van der Waals surface area contributed by atoms with E-state index < -0.39 is 10.0 Å². The third kappa shape index (κ3) is 9.20. The largest absolute Gasteiger partial charge is 0.492 e. The number of sulfonamides is 1. The topological polar surface area (TPSA) is 89.0 Å². The number of nitrogens with zero attached hydrogens (tertiary/aromatic N) is 3. The van der Waals surface area contributed by atoms with Crippen molar-refractivity contribution in [1.29, 1.82) is 0 Å². The molecule has 0 aliphatic heterocycles. The number of aromatic nitrogens is 1. The highest BCUT2D eigenvalue weighted by atomic mass is 35.5. The fraction of sp³-hybridized carbons (Fsp3) is 0.273. The molecular weight excluding hydrogens is 692 g/mol. The van der Waals surface area contributed by atoms with Crippen molar-refractivity contribution in [1.82, 2.24) is 4.98 Å². The van der Waals surface area contributed by atoms with Crippen LogP contribution < -0.4 is 13.9 Å². The molecule has 0 bridgehead atoms. The predicted molar refractivity (Wildman–Crippen MR) is 185 cm³/mol. The van der Waals surface area contributed by atoms with Crippen molar-refractivity contribution in [3.63, 3.8) is 0 Å². The third-order valence-corrected chi connectivity index (χ3v) is 10.1. The summed E-state index contributed by atoms with van der Waals surface area (Å²) < 4.78 is 40.2. The molecule has 0 atom stereocenters. The van der Waals surface area contributed by atoms with E-state index in [9.17, 15) is 13.2 Å². The van der Waals surface area contributed by atoms with Crippen LogP contribution in [0.4, 0.5) is 11.4 Å². The maximum atomic E-state index is 13.8. The Morgan fingerprint density at radius 1 is 0.870 bits per heavy atom. The second-order valence-electron chi connectivity index (χ2n) is 10.2. The van der Waals surface area contributed by atoms with Crippen LogP contribution in [0.5, 0.6) is 5.75 Å². The molecule has 244 valence electrons. The number of pyridine rings is 1. The van der Waals surface area contributed by atoms with Crippen molar-refractivity contribution in [2.24, 2.45) is 0 Å². The highest BCUT2D eigenvalue weighted by molar-refractivity contribution is 7.92. The van der Waals surface area contributed by atoms with Gasteiger partial charge in [0.1, 0.15) is 22.4 Å². The van der Waals surface area contributed by atoms with E-state index in [0.717, 1.165) is 11.1 Å². The number of ether oxygens (including phenoxy) is 2. The van der Waals surface area contributed by atoms with Crippen LogP contribution in [0.2, 0.25) is 20.4 Å². The van der Waals surface area contributed by atoms with Gasteiger partial charge in [-0.15, -0.1) is 0 Å². The highest BCUT2D eigenvalue weighted by Gasteiger charge is 2.26. The van der Waals surface area contributed by atoms with Gasteiger partial charge in [-0.05, 0) is 55.7 Å². The summed E-state index contributed by atoms with van der Waals surface area (Å²) in [6, 6.07) is 23.1. The Bertz CT molecular complexity index is 1720. The van der Waals surface area contributed by atoms with Crippen LogP contribution in [0.25, 0.3) is 0 Å². The fourth-order valence-electron chi connectivity index (χ4n) is 4.76. The minimum Gasteiger partial charge on any atom is -0.492 e. The first-order chi connectivity index (χ1) is 22.0. The summed E-state index contributed by atoms with van der Waals surface area (Å²) in [5.74, 6) is 0.0705. The van der Waals surface area contributed by atoms with Crippen molar-refractivity contribution < 1.29 is 22.7 Å². The van der Waals surface area contributed by atoms with Crippen molar-refractivity contribution in [3.8, 4) is 5.75 Å². The summed E-state index contributed by atoms with van der Waals surface area (Å²) in [6.45, 7) is 4.81. The Labute approximate surface area is 289 Å². The van der Waals surface area contributed by atoms with Gasteiger partial charge in [-0.3, -0.25) is 9.10 Å². The molecule has 4 rings (SSSR count). The molecule has 0 aliphatic rings. The average molecular weight is 726 g/mol. The van der Waals surface area contributed by atoms with Gasteiger partial charge < -0.3 is 14.4 Å². The summed E-state index contributed by atoms with van der Waals surface area (Å²) in [5, 5.41) is 0.371. The number of hydrogen-bond acceptors (Lipinski definition) is 7. The minimum atomic E-state index is -3.96. The van der Waals surface area contributed by atoms with E-state index in [-0.39, 0.29) is 63.8 Å². The molecule has 1 aromatic heterocycles. The number of esters is 1. The molecule has 0 saturated carbocycles. The standard InChI is InChI=1S/C33H33Cl4N3O5S/c1-3-44-28(41)15-10-16-40(46(42,43)27-13-8-5-9-14-27)25-19-23(2)20-26(21-25)45-18-17-39(22-24-11-6-4-7-12-24)31-29(34)32(36)38-33(37)30(31)35/h4-9,11-14,19-21H,3,10,15-18,22H2,1-2H3. The summed E-state index contributed by atoms with van der Waals surface area (Å²) in [7, 11) is -3.96. The van der Waals surface area contributed by atoms with Gasteiger partial charge in [-0.2, -0.15) is 0 Å². The zero-order valence-electron chi connectivity index (χ0n) is 25.3. The molecule has 0 radical (unpaired) electrons. The summed E-state index contributed by atoms with van der Waals surface area (Å²) in [5.41, 5.74) is 2.60. The fourth-order valence-corrected chi connectivity index (χ4v) is 7.22. The zero-order chi connectivity index (χ0) is 33.3. The smallest absolute Gasteiger partial charge is 0.305 e. The van der Waals surface area contributed by atoms with E-state index in [2.05, 4.69) is 4.98 Å². The van der Waals surface area contributed by atoms with Gasteiger partial charge in [0.2, 0.25) is 0 Å². The van der Waals surface area contributed by atoms with Gasteiger partial charge in [0.15, 0.2) is 10.3 Å². The SMILES string of the molecule is CCOC(=O)CCCN(c1cc(C)cc(OCCN(Cc2ccccc2)c2c(Cl)c(Cl)nc(Cl)c2Cl)c1)S(=O)(=O)c1ccccc1. The first kappa shape index (κ1) is 35.6. The molecule has 0 N–H and O–H groups in total. The number of carbonyl (C=O) groups is 1. The molecular formula is C33H33Cl4N3O5S. The van der Waals surface area contributed by atoms with Gasteiger partial charge >= 0.3 is 5.97 Å². The number of carbonyl (C=O) groups excluding carboxylic acids is 1.